The molecule has 0 atom stereocenters. The van der Waals surface area contributed by atoms with Crippen LogP contribution in [-0.2, 0) is 0 Å². The maximum atomic E-state index is 10.9. The third kappa shape index (κ3) is 3.16. The lowest BCUT2D eigenvalue weighted by molar-refractivity contribution is -0.384. The third-order valence-corrected chi connectivity index (χ3v) is 2.77. The maximum absolute atomic E-state index is 10.9. The summed E-state index contributed by atoms with van der Waals surface area (Å²) in [6.07, 6.45) is 1.17. The maximum Gasteiger partial charge on any atom is 0.329 e. The highest BCUT2D eigenvalue weighted by atomic mass is 79.9. The number of aromatic nitrogens is 2. The molecular weight excluding hydrogens is 314 g/mol. The van der Waals surface area contributed by atoms with E-state index in [4.69, 9.17) is 0 Å². The van der Waals surface area contributed by atoms with Crippen LogP contribution in [0, 0.1) is 10.1 Å². The number of nitrogens with zero attached hydrogens (tertiary/aromatic N) is 3. The molecule has 19 heavy (non-hydrogen) atoms. The van der Waals surface area contributed by atoms with Crippen molar-refractivity contribution in [1.82, 2.24) is 9.97 Å². The number of hydrogen-bond donors (Lipinski definition) is 2. The molecule has 1 aromatic carbocycles. The topological polar surface area (TPSA) is 93.0 Å². The van der Waals surface area contributed by atoms with Crippen molar-refractivity contribution in [3.63, 3.8) is 0 Å². The lowest BCUT2D eigenvalue weighted by atomic mass is 10.3. The molecule has 0 aliphatic carbocycles. The van der Waals surface area contributed by atoms with Gasteiger partial charge >= 0.3 is 5.69 Å². The molecule has 0 bridgehead atoms. The van der Waals surface area contributed by atoms with Gasteiger partial charge in [0, 0.05) is 17.2 Å². The SMILES string of the molecule is CNc1ncc([N+](=O)[O-])c(Nc2cccc(Br)c2)n1. The van der Waals surface area contributed by atoms with Crippen molar-refractivity contribution in [3.8, 4) is 0 Å². The van der Waals surface area contributed by atoms with Crippen molar-refractivity contribution >= 4 is 39.1 Å². The molecule has 0 aliphatic heterocycles. The first-order chi connectivity index (χ1) is 9.10. The Morgan fingerprint density at radius 2 is 2.21 bits per heavy atom. The molecule has 0 fully saturated rings. The van der Waals surface area contributed by atoms with Crippen molar-refractivity contribution < 1.29 is 4.92 Å². The summed E-state index contributed by atoms with van der Waals surface area (Å²) in [5.41, 5.74) is 0.511. The molecule has 2 aromatic rings. The van der Waals surface area contributed by atoms with E-state index in [-0.39, 0.29) is 11.5 Å². The minimum absolute atomic E-state index is 0.141. The van der Waals surface area contributed by atoms with Gasteiger partial charge in [-0.2, -0.15) is 4.98 Å². The van der Waals surface area contributed by atoms with Gasteiger partial charge in [0.2, 0.25) is 11.8 Å². The van der Waals surface area contributed by atoms with E-state index in [0.717, 1.165) is 4.47 Å². The monoisotopic (exact) mass is 323 g/mol. The van der Waals surface area contributed by atoms with E-state index in [1.807, 2.05) is 12.1 Å². The Kier molecular flexibility index (Phi) is 3.91. The van der Waals surface area contributed by atoms with E-state index in [9.17, 15) is 10.1 Å². The van der Waals surface area contributed by atoms with Crippen LogP contribution in [-0.4, -0.2) is 21.9 Å². The second-order valence-electron chi connectivity index (χ2n) is 3.57. The van der Waals surface area contributed by atoms with E-state index in [1.165, 1.54) is 6.20 Å². The van der Waals surface area contributed by atoms with E-state index in [0.29, 0.717) is 11.6 Å². The van der Waals surface area contributed by atoms with Crippen molar-refractivity contribution in [1.29, 1.82) is 0 Å². The Balaban J connectivity index is 2.39. The summed E-state index contributed by atoms with van der Waals surface area (Å²) in [6, 6.07) is 7.26. The zero-order valence-electron chi connectivity index (χ0n) is 9.92. The van der Waals surface area contributed by atoms with Gasteiger partial charge in [0.05, 0.1) is 4.92 Å². The van der Waals surface area contributed by atoms with Crippen LogP contribution in [0.5, 0.6) is 0 Å². The zero-order valence-corrected chi connectivity index (χ0v) is 11.5. The number of rotatable bonds is 4. The predicted octanol–water partition coefficient (Wildman–Crippen LogP) is 2.93. The number of nitro groups is 1. The molecule has 0 amide bonds. The number of nitrogens with one attached hydrogen (secondary N) is 2. The van der Waals surface area contributed by atoms with Crippen LogP contribution < -0.4 is 10.6 Å². The first-order valence-corrected chi connectivity index (χ1v) is 6.11. The molecule has 7 nitrogen and oxygen atoms in total. The number of halogens is 1. The van der Waals surface area contributed by atoms with Crippen molar-refractivity contribution in [2.45, 2.75) is 0 Å². The van der Waals surface area contributed by atoms with Gasteiger partial charge < -0.3 is 10.6 Å². The summed E-state index contributed by atoms with van der Waals surface area (Å²) in [5, 5.41) is 16.6. The second kappa shape index (κ2) is 5.61. The summed E-state index contributed by atoms with van der Waals surface area (Å²) < 4.78 is 0.864. The third-order valence-electron chi connectivity index (χ3n) is 2.28. The Morgan fingerprint density at radius 1 is 1.42 bits per heavy atom. The molecule has 1 heterocycles. The van der Waals surface area contributed by atoms with Gasteiger partial charge in [-0.25, -0.2) is 4.98 Å². The molecule has 1 aromatic heterocycles. The van der Waals surface area contributed by atoms with Gasteiger partial charge in [0.25, 0.3) is 0 Å². The van der Waals surface area contributed by atoms with E-state index >= 15 is 0 Å². The molecule has 98 valence electrons. The quantitative estimate of drug-likeness (QED) is 0.663. The van der Waals surface area contributed by atoms with Gasteiger partial charge in [-0.3, -0.25) is 10.1 Å². The van der Waals surface area contributed by atoms with E-state index in [1.54, 1.807) is 19.2 Å². The largest absolute Gasteiger partial charge is 0.357 e. The molecule has 0 spiro atoms. The molecule has 0 unspecified atom stereocenters. The van der Waals surface area contributed by atoms with Crippen LogP contribution in [0.4, 0.5) is 23.1 Å². The zero-order chi connectivity index (χ0) is 13.8. The van der Waals surface area contributed by atoms with Crippen molar-refractivity contribution in [3.05, 3.63) is 45.0 Å². The second-order valence-corrected chi connectivity index (χ2v) is 4.49. The van der Waals surface area contributed by atoms with Gasteiger partial charge in [-0.05, 0) is 18.2 Å². The Labute approximate surface area is 117 Å². The van der Waals surface area contributed by atoms with Crippen molar-refractivity contribution in [2.24, 2.45) is 0 Å². The smallest absolute Gasteiger partial charge is 0.329 e. The Morgan fingerprint density at radius 3 is 2.84 bits per heavy atom. The van der Waals surface area contributed by atoms with Crippen LogP contribution in [0.15, 0.2) is 34.9 Å². The first kappa shape index (κ1) is 13.2. The molecule has 0 aliphatic rings. The van der Waals surface area contributed by atoms with Gasteiger partial charge in [-0.1, -0.05) is 22.0 Å². The normalized spacial score (nSPS) is 10.0. The van der Waals surface area contributed by atoms with Crippen LogP contribution in [0.2, 0.25) is 0 Å². The standard InChI is InChI=1S/C11H10BrN5O2/c1-13-11-14-6-9(17(18)19)10(16-11)15-8-4-2-3-7(12)5-8/h2-6H,1H3,(H2,13,14,15,16). The van der Waals surface area contributed by atoms with E-state index in [2.05, 4.69) is 36.5 Å². The first-order valence-electron chi connectivity index (χ1n) is 5.32. The van der Waals surface area contributed by atoms with Crippen LogP contribution >= 0.6 is 15.9 Å². The average Bonchev–Trinajstić information content (AvgIpc) is 2.38. The average molecular weight is 324 g/mol. The lowest BCUT2D eigenvalue weighted by Crippen LogP contribution is -2.04. The summed E-state index contributed by atoms with van der Waals surface area (Å²) in [4.78, 5) is 18.3. The summed E-state index contributed by atoms with van der Waals surface area (Å²) in [7, 11) is 1.64. The fraction of sp³-hybridized carbons (Fsp3) is 0.0909. The molecule has 8 heteroatoms. The summed E-state index contributed by atoms with van der Waals surface area (Å²) in [6.45, 7) is 0. The van der Waals surface area contributed by atoms with Crippen LogP contribution in [0.3, 0.4) is 0 Å². The molecule has 2 rings (SSSR count). The minimum atomic E-state index is -0.528. The molecule has 0 saturated carbocycles. The van der Waals surface area contributed by atoms with E-state index < -0.39 is 4.92 Å². The Hall–Kier alpha value is -2.22. The highest BCUT2D eigenvalue weighted by Gasteiger charge is 2.17. The predicted molar refractivity (Wildman–Crippen MR) is 75.7 cm³/mol. The number of anilines is 3. The summed E-state index contributed by atoms with van der Waals surface area (Å²) in [5.74, 6) is 0.450. The fourth-order valence-electron chi connectivity index (χ4n) is 1.42. The van der Waals surface area contributed by atoms with Gasteiger partial charge in [0.15, 0.2) is 0 Å². The molecular formula is C11H10BrN5O2. The molecule has 2 N–H and O–H groups in total. The highest BCUT2D eigenvalue weighted by molar-refractivity contribution is 9.10. The number of hydrogen-bond acceptors (Lipinski definition) is 6. The van der Waals surface area contributed by atoms with Gasteiger partial charge in [-0.15, -0.1) is 0 Å². The Bertz CT molecular complexity index is 620. The lowest BCUT2D eigenvalue weighted by Gasteiger charge is -2.07. The summed E-state index contributed by atoms with van der Waals surface area (Å²) >= 11 is 3.33. The van der Waals surface area contributed by atoms with Gasteiger partial charge in [0.1, 0.15) is 6.20 Å². The van der Waals surface area contributed by atoms with Crippen molar-refractivity contribution in [2.75, 3.05) is 17.7 Å². The van der Waals surface area contributed by atoms with Crippen LogP contribution in [0.1, 0.15) is 0 Å². The number of benzene rings is 1. The van der Waals surface area contributed by atoms with Crippen LogP contribution in [0.25, 0.3) is 0 Å². The fourth-order valence-corrected chi connectivity index (χ4v) is 1.82. The minimum Gasteiger partial charge on any atom is -0.357 e. The highest BCUT2D eigenvalue weighted by Crippen LogP contribution is 2.26. The molecule has 0 saturated heterocycles. The molecule has 0 radical (unpaired) electrons.